The highest BCUT2D eigenvalue weighted by Gasteiger charge is 2.28. The number of hydrogen-bond acceptors (Lipinski definition) is 2. The Morgan fingerprint density at radius 2 is 1.58 bits per heavy atom. The summed E-state index contributed by atoms with van der Waals surface area (Å²) < 4.78 is 6.07. The lowest BCUT2D eigenvalue weighted by molar-refractivity contribution is 0.179. The van der Waals surface area contributed by atoms with E-state index in [0.29, 0.717) is 0 Å². The number of benzene rings is 2. The molecule has 0 aromatic heterocycles. The molecule has 0 N–H and O–H groups in total. The lowest BCUT2D eigenvalue weighted by Crippen LogP contribution is -2.28. The maximum absolute atomic E-state index is 6.07. The van der Waals surface area contributed by atoms with Gasteiger partial charge in [0, 0.05) is 5.56 Å². The van der Waals surface area contributed by atoms with Crippen LogP contribution in [0.3, 0.4) is 0 Å². The van der Waals surface area contributed by atoms with Crippen LogP contribution in [0.4, 0.5) is 0 Å². The maximum atomic E-state index is 6.07. The van der Waals surface area contributed by atoms with E-state index in [1.807, 2.05) is 48.5 Å². The number of rotatable bonds is 2. The number of halogens is 1. The fourth-order valence-corrected chi connectivity index (χ4v) is 2.71. The predicted octanol–water partition coefficient (Wildman–Crippen LogP) is 3.97. The first-order chi connectivity index (χ1) is 9.34. The molecule has 1 aliphatic heterocycles. The Morgan fingerprint density at radius 1 is 0.947 bits per heavy atom. The van der Waals surface area contributed by atoms with Gasteiger partial charge in [-0.25, -0.2) is 4.99 Å². The largest absolute Gasteiger partial charge is 0.468 e. The van der Waals surface area contributed by atoms with Gasteiger partial charge in [-0.15, -0.1) is 0 Å². The summed E-state index contributed by atoms with van der Waals surface area (Å²) in [6, 6.07) is 20.3. The highest BCUT2D eigenvalue weighted by molar-refractivity contribution is 9.09. The van der Waals surface area contributed by atoms with Gasteiger partial charge in [0.2, 0.25) is 5.90 Å². The summed E-state index contributed by atoms with van der Waals surface area (Å²) in [5, 5.41) is 0. The van der Waals surface area contributed by atoms with Crippen molar-refractivity contribution in [3.8, 4) is 0 Å². The molecule has 19 heavy (non-hydrogen) atoms. The molecular formula is C16H14BrNO. The van der Waals surface area contributed by atoms with Crippen LogP contribution in [0.2, 0.25) is 0 Å². The maximum Gasteiger partial charge on any atom is 0.216 e. The minimum absolute atomic E-state index is 0.00825. The minimum Gasteiger partial charge on any atom is -0.468 e. The van der Waals surface area contributed by atoms with Gasteiger partial charge >= 0.3 is 0 Å². The third-order valence-electron chi connectivity index (χ3n) is 3.13. The van der Waals surface area contributed by atoms with E-state index in [1.165, 1.54) is 5.56 Å². The molecule has 2 nitrogen and oxygen atoms in total. The van der Waals surface area contributed by atoms with Gasteiger partial charge in [0.1, 0.15) is 6.10 Å². The van der Waals surface area contributed by atoms with E-state index < -0.39 is 0 Å². The summed E-state index contributed by atoms with van der Waals surface area (Å²) in [6.07, 6.45) is 0.00825. The molecule has 2 atom stereocenters. The lowest BCUT2D eigenvalue weighted by Gasteiger charge is -2.28. The Hall–Kier alpha value is -1.61. The molecule has 0 saturated carbocycles. The number of hydrogen-bond donors (Lipinski definition) is 0. The second-order valence-electron chi connectivity index (χ2n) is 4.48. The van der Waals surface area contributed by atoms with Crippen molar-refractivity contribution in [2.75, 3.05) is 6.54 Å². The van der Waals surface area contributed by atoms with Crippen LogP contribution in [0, 0.1) is 0 Å². The molecule has 0 saturated heterocycles. The monoisotopic (exact) mass is 315 g/mol. The van der Waals surface area contributed by atoms with E-state index in [2.05, 4.69) is 33.1 Å². The number of aliphatic imine (C=N–C) groups is 1. The topological polar surface area (TPSA) is 21.6 Å². The number of alkyl halides is 1. The molecule has 1 heterocycles. The average Bonchev–Trinajstić information content (AvgIpc) is 2.49. The van der Waals surface area contributed by atoms with Gasteiger partial charge in [-0.05, 0) is 17.7 Å². The van der Waals surface area contributed by atoms with Gasteiger partial charge in [-0.1, -0.05) is 64.5 Å². The number of nitrogens with zero attached hydrogens (tertiary/aromatic N) is 1. The van der Waals surface area contributed by atoms with Crippen molar-refractivity contribution in [3.63, 3.8) is 0 Å². The molecule has 0 fully saturated rings. The fraction of sp³-hybridized carbons (Fsp3) is 0.188. The Balaban J connectivity index is 1.88. The second-order valence-corrected chi connectivity index (χ2v) is 5.65. The van der Waals surface area contributed by atoms with Crippen LogP contribution in [-0.4, -0.2) is 17.3 Å². The summed E-state index contributed by atoms with van der Waals surface area (Å²) in [7, 11) is 0. The fourth-order valence-electron chi connectivity index (χ4n) is 2.16. The normalized spacial score (nSPS) is 22.5. The van der Waals surface area contributed by atoms with E-state index in [0.717, 1.165) is 18.0 Å². The van der Waals surface area contributed by atoms with E-state index in [9.17, 15) is 0 Å². The van der Waals surface area contributed by atoms with Crippen molar-refractivity contribution in [1.29, 1.82) is 0 Å². The number of ether oxygens (including phenoxy) is 1. The first-order valence-corrected chi connectivity index (χ1v) is 7.22. The first kappa shape index (κ1) is 12.4. The molecule has 2 aromatic carbocycles. The van der Waals surface area contributed by atoms with Crippen LogP contribution >= 0.6 is 15.9 Å². The van der Waals surface area contributed by atoms with Gasteiger partial charge in [0.15, 0.2) is 0 Å². The average molecular weight is 316 g/mol. The smallest absolute Gasteiger partial charge is 0.216 e. The van der Waals surface area contributed by atoms with E-state index in [1.54, 1.807) is 0 Å². The van der Waals surface area contributed by atoms with Crippen LogP contribution in [0.15, 0.2) is 65.7 Å². The molecule has 0 amide bonds. The van der Waals surface area contributed by atoms with Crippen LogP contribution in [0.1, 0.15) is 17.2 Å². The van der Waals surface area contributed by atoms with Crippen LogP contribution in [0.25, 0.3) is 0 Å². The molecule has 2 unspecified atom stereocenters. The third-order valence-corrected chi connectivity index (χ3v) is 3.89. The summed E-state index contributed by atoms with van der Waals surface area (Å²) in [4.78, 5) is 4.71. The Morgan fingerprint density at radius 3 is 2.26 bits per heavy atom. The Labute approximate surface area is 121 Å². The van der Waals surface area contributed by atoms with Crippen molar-refractivity contribution in [2.45, 2.75) is 10.9 Å². The SMILES string of the molecule is BrC1CN=C(c2ccccc2)OC1c1ccccc1. The first-order valence-electron chi connectivity index (χ1n) is 6.30. The van der Waals surface area contributed by atoms with Crippen LogP contribution < -0.4 is 0 Å². The van der Waals surface area contributed by atoms with Gasteiger partial charge < -0.3 is 4.74 Å². The summed E-state index contributed by atoms with van der Waals surface area (Å²) in [6.45, 7) is 0.726. The predicted molar refractivity (Wildman–Crippen MR) is 80.8 cm³/mol. The highest BCUT2D eigenvalue weighted by atomic mass is 79.9. The molecular weight excluding hydrogens is 302 g/mol. The van der Waals surface area contributed by atoms with E-state index >= 15 is 0 Å². The zero-order chi connectivity index (χ0) is 13.1. The minimum atomic E-state index is 0.00825. The van der Waals surface area contributed by atoms with Crippen molar-refractivity contribution >= 4 is 21.8 Å². The van der Waals surface area contributed by atoms with Crippen molar-refractivity contribution < 1.29 is 4.74 Å². The quantitative estimate of drug-likeness (QED) is 0.768. The second kappa shape index (κ2) is 5.57. The van der Waals surface area contributed by atoms with Gasteiger partial charge in [0.25, 0.3) is 0 Å². The van der Waals surface area contributed by atoms with Crippen LogP contribution in [-0.2, 0) is 4.74 Å². The zero-order valence-electron chi connectivity index (χ0n) is 10.4. The molecule has 0 radical (unpaired) electrons. The standard InChI is InChI=1S/C16H14BrNO/c17-14-11-18-16(13-9-5-2-6-10-13)19-15(14)12-7-3-1-4-8-12/h1-10,14-15H,11H2. The molecule has 96 valence electrons. The van der Waals surface area contributed by atoms with Gasteiger partial charge in [-0.3, -0.25) is 0 Å². The van der Waals surface area contributed by atoms with E-state index in [-0.39, 0.29) is 10.9 Å². The third kappa shape index (κ3) is 2.71. The van der Waals surface area contributed by atoms with Gasteiger partial charge in [-0.2, -0.15) is 0 Å². The lowest BCUT2D eigenvalue weighted by atomic mass is 10.1. The highest BCUT2D eigenvalue weighted by Crippen LogP contribution is 2.31. The molecule has 0 bridgehead atoms. The molecule has 3 rings (SSSR count). The summed E-state index contributed by atoms with van der Waals surface area (Å²) >= 11 is 3.66. The zero-order valence-corrected chi connectivity index (χ0v) is 12.0. The molecule has 0 spiro atoms. The van der Waals surface area contributed by atoms with Crippen molar-refractivity contribution in [1.82, 2.24) is 0 Å². The van der Waals surface area contributed by atoms with Gasteiger partial charge in [0.05, 0.1) is 11.4 Å². The molecule has 0 aliphatic carbocycles. The molecule has 3 heteroatoms. The molecule has 1 aliphatic rings. The Kier molecular flexibility index (Phi) is 3.65. The van der Waals surface area contributed by atoms with Crippen molar-refractivity contribution in [3.05, 3.63) is 71.8 Å². The van der Waals surface area contributed by atoms with Crippen molar-refractivity contribution in [2.24, 2.45) is 4.99 Å². The molecule has 2 aromatic rings. The summed E-state index contributed by atoms with van der Waals surface area (Å²) in [5.41, 5.74) is 2.20. The summed E-state index contributed by atoms with van der Waals surface area (Å²) in [5.74, 6) is 0.727. The van der Waals surface area contributed by atoms with Crippen LogP contribution in [0.5, 0.6) is 0 Å². The Bertz CT molecular complexity index is 568. The van der Waals surface area contributed by atoms with E-state index in [4.69, 9.17) is 4.74 Å².